The molecule has 0 aromatic heterocycles. The van der Waals surface area contributed by atoms with E-state index < -0.39 is 12.0 Å². The van der Waals surface area contributed by atoms with Crippen LogP contribution in [0, 0.1) is 0 Å². The van der Waals surface area contributed by atoms with Crippen molar-refractivity contribution in [3.63, 3.8) is 0 Å². The quantitative estimate of drug-likeness (QED) is 0.565. The molecular formula is C4H12Cl2N2O2. The van der Waals surface area contributed by atoms with E-state index in [0.717, 1.165) is 0 Å². The van der Waals surface area contributed by atoms with Gasteiger partial charge in [0, 0.05) is 6.54 Å². The number of hydrogen-bond acceptors (Lipinski definition) is 4. The Morgan fingerprint density at radius 3 is 2.10 bits per heavy atom. The molecule has 6 heteroatoms. The van der Waals surface area contributed by atoms with Gasteiger partial charge in [0.2, 0.25) is 0 Å². The molecule has 0 bridgehead atoms. The minimum Gasteiger partial charge on any atom is -0.468 e. The molecule has 0 aromatic rings. The molecule has 0 spiro atoms. The molecule has 0 rings (SSSR count). The molecule has 0 aliphatic carbocycles. The summed E-state index contributed by atoms with van der Waals surface area (Å²) in [7, 11) is 1.28. The molecule has 0 heterocycles. The summed E-state index contributed by atoms with van der Waals surface area (Å²) in [6.07, 6.45) is 0. The Bertz CT molecular complexity index is 91.3. The Labute approximate surface area is 72.1 Å². The molecule has 0 radical (unpaired) electrons. The van der Waals surface area contributed by atoms with Gasteiger partial charge in [0.15, 0.2) is 0 Å². The zero-order valence-electron chi connectivity index (χ0n) is 5.57. The summed E-state index contributed by atoms with van der Waals surface area (Å²) in [5, 5.41) is 0. The lowest BCUT2D eigenvalue weighted by molar-refractivity contribution is -0.141. The lowest BCUT2D eigenvalue weighted by atomic mass is 10.3. The van der Waals surface area contributed by atoms with Gasteiger partial charge >= 0.3 is 5.97 Å². The molecule has 4 nitrogen and oxygen atoms in total. The summed E-state index contributed by atoms with van der Waals surface area (Å²) in [6.45, 7) is 0.132. The highest BCUT2D eigenvalue weighted by Gasteiger charge is 2.09. The van der Waals surface area contributed by atoms with Crippen molar-refractivity contribution in [2.75, 3.05) is 13.7 Å². The second-order valence-electron chi connectivity index (χ2n) is 1.37. The van der Waals surface area contributed by atoms with Crippen molar-refractivity contribution in [2.45, 2.75) is 6.04 Å². The molecule has 0 aromatic carbocycles. The third-order valence-corrected chi connectivity index (χ3v) is 0.758. The van der Waals surface area contributed by atoms with Crippen LogP contribution in [0.25, 0.3) is 0 Å². The predicted molar refractivity (Wildman–Crippen MR) is 43.5 cm³/mol. The number of carbonyl (C=O) groups excluding carboxylic acids is 1. The number of halogens is 2. The van der Waals surface area contributed by atoms with Gasteiger partial charge in [-0.15, -0.1) is 24.8 Å². The lowest BCUT2D eigenvalue weighted by Crippen LogP contribution is -2.38. The van der Waals surface area contributed by atoms with E-state index in [0.29, 0.717) is 0 Å². The third-order valence-electron chi connectivity index (χ3n) is 0.758. The van der Waals surface area contributed by atoms with Crippen LogP contribution in [0.4, 0.5) is 0 Å². The Balaban J connectivity index is -0.000000245. The average molecular weight is 191 g/mol. The highest BCUT2D eigenvalue weighted by Crippen LogP contribution is 1.76. The van der Waals surface area contributed by atoms with Crippen LogP contribution in [0.15, 0.2) is 0 Å². The maximum Gasteiger partial charge on any atom is 0.323 e. The number of esters is 1. The zero-order valence-corrected chi connectivity index (χ0v) is 7.21. The molecular weight excluding hydrogens is 179 g/mol. The summed E-state index contributed by atoms with van der Waals surface area (Å²) < 4.78 is 4.26. The minimum atomic E-state index is -0.667. The average Bonchev–Trinajstić information content (AvgIpc) is 1.84. The van der Waals surface area contributed by atoms with Gasteiger partial charge in [0.05, 0.1) is 7.11 Å². The minimum absolute atomic E-state index is 0. The normalized spacial score (nSPS) is 10.3. The van der Waals surface area contributed by atoms with E-state index in [4.69, 9.17) is 11.5 Å². The molecule has 0 fully saturated rings. The second kappa shape index (κ2) is 8.97. The van der Waals surface area contributed by atoms with Gasteiger partial charge in [-0.2, -0.15) is 0 Å². The van der Waals surface area contributed by atoms with E-state index in [1.807, 2.05) is 0 Å². The molecule has 0 aliphatic heterocycles. The van der Waals surface area contributed by atoms with Gasteiger partial charge in [-0.05, 0) is 0 Å². The van der Waals surface area contributed by atoms with Gasteiger partial charge in [-0.1, -0.05) is 0 Å². The predicted octanol–water partition coefficient (Wildman–Crippen LogP) is -0.711. The van der Waals surface area contributed by atoms with Gasteiger partial charge in [-0.3, -0.25) is 4.79 Å². The van der Waals surface area contributed by atoms with E-state index >= 15 is 0 Å². The first-order valence-electron chi connectivity index (χ1n) is 2.26. The standard InChI is InChI=1S/C4H10N2O2.2ClH/c1-8-4(7)3(6)2-5;;/h3H,2,5-6H2,1H3;2*1H/t3-;;/m1../s1. The van der Waals surface area contributed by atoms with Crippen LogP contribution in [-0.4, -0.2) is 25.7 Å². The van der Waals surface area contributed by atoms with E-state index in [1.165, 1.54) is 7.11 Å². The van der Waals surface area contributed by atoms with E-state index in [1.54, 1.807) is 0 Å². The van der Waals surface area contributed by atoms with Gasteiger partial charge in [0.25, 0.3) is 0 Å². The molecule has 64 valence electrons. The molecule has 0 saturated heterocycles. The van der Waals surface area contributed by atoms with Gasteiger partial charge in [-0.25, -0.2) is 0 Å². The number of carbonyl (C=O) groups is 1. The van der Waals surface area contributed by atoms with E-state index in [-0.39, 0.29) is 31.4 Å². The fraction of sp³-hybridized carbons (Fsp3) is 0.750. The Morgan fingerprint density at radius 2 is 2.00 bits per heavy atom. The maximum absolute atomic E-state index is 10.3. The fourth-order valence-electron chi connectivity index (χ4n) is 0.248. The van der Waals surface area contributed by atoms with Crippen LogP contribution in [0.2, 0.25) is 0 Å². The smallest absolute Gasteiger partial charge is 0.323 e. The number of rotatable bonds is 2. The molecule has 4 N–H and O–H groups in total. The Morgan fingerprint density at radius 1 is 1.60 bits per heavy atom. The maximum atomic E-state index is 10.3. The van der Waals surface area contributed by atoms with E-state index in [9.17, 15) is 4.79 Å². The summed E-state index contributed by atoms with van der Waals surface area (Å²) in [4.78, 5) is 10.3. The van der Waals surface area contributed by atoms with E-state index in [2.05, 4.69) is 4.74 Å². The van der Waals surface area contributed by atoms with Gasteiger partial charge < -0.3 is 16.2 Å². The lowest BCUT2D eigenvalue weighted by Gasteiger charge is -2.03. The van der Waals surface area contributed by atoms with Crippen LogP contribution in [0.1, 0.15) is 0 Å². The van der Waals surface area contributed by atoms with Crippen molar-refractivity contribution < 1.29 is 9.53 Å². The van der Waals surface area contributed by atoms with Crippen LogP contribution in [0.3, 0.4) is 0 Å². The van der Waals surface area contributed by atoms with Crippen LogP contribution < -0.4 is 11.5 Å². The number of nitrogens with two attached hydrogens (primary N) is 2. The summed E-state index contributed by atoms with van der Waals surface area (Å²) in [5.41, 5.74) is 10.2. The molecule has 10 heavy (non-hydrogen) atoms. The number of methoxy groups -OCH3 is 1. The first-order valence-corrected chi connectivity index (χ1v) is 2.26. The Hall–Kier alpha value is -0.0300. The largest absolute Gasteiger partial charge is 0.468 e. The first-order chi connectivity index (χ1) is 3.72. The molecule has 0 unspecified atom stereocenters. The van der Waals surface area contributed by atoms with Crippen LogP contribution >= 0.6 is 24.8 Å². The highest BCUT2D eigenvalue weighted by atomic mass is 35.5. The summed E-state index contributed by atoms with van der Waals surface area (Å²) in [6, 6.07) is -0.667. The van der Waals surface area contributed by atoms with Crippen molar-refractivity contribution >= 4 is 30.8 Å². The summed E-state index contributed by atoms with van der Waals surface area (Å²) in [5.74, 6) is -0.465. The molecule has 0 amide bonds. The third kappa shape index (κ3) is 6.10. The highest BCUT2D eigenvalue weighted by molar-refractivity contribution is 5.85. The summed E-state index contributed by atoms with van der Waals surface area (Å²) >= 11 is 0. The van der Waals surface area contributed by atoms with Crippen molar-refractivity contribution in [3.05, 3.63) is 0 Å². The van der Waals surface area contributed by atoms with Crippen molar-refractivity contribution in [2.24, 2.45) is 11.5 Å². The second-order valence-corrected chi connectivity index (χ2v) is 1.37. The molecule has 1 atom stereocenters. The number of ether oxygens (including phenoxy) is 1. The molecule has 0 aliphatic rings. The van der Waals surface area contributed by atoms with Crippen LogP contribution in [0.5, 0.6) is 0 Å². The first kappa shape index (κ1) is 16.5. The van der Waals surface area contributed by atoms with Crippen LogP contribution in [-0.2, 0) is 9.53 Å². The van der Waals surface area contributed by atoms with Crippen molar-refractivity contribution in [3.8, 4) is 0 Å². The Kier molecular flexibility index (Phi) is 14.8. The molecule has 0 saturated carbocycles. The number of hydrogen-bond donors (Lipinski definition) is 2. The van der Waals surface area contributed by atoms with Crippen molar-refractivity contribution in [1.82, 2.24) is 0 Å². The fourth-order valence-corrected chi connectivity index (χ4v) is 0.248. The SMILES string of the molecule is COC(=O)[C@H](N)CN.Cl.Cl. The topological polar surface area (TPSA) is 78.3 Å². The van der Waals surface area contributed by atoms with Crippen molar-refractivity contribution in [1.29, 1.82) is 0 Å². The monoisotopic (exact) mass is 190 g/mol. The zero-order chi connectivity index (χ0) is 6.57. The van der Waals surface area contributed by atoms with Gasteiger partial charge in [0.1, 0.15) is 6.04 Å².